The van der Waals surface area contributed by atoms with Crippen LogP contribution < -0.4 is 10.6 Å². The molecule has 0 bridgehead atoms. The Kier molecular flexibility index (Phi) is 6.02. The van der Waals surface area contributed by atoms with Crippen molar-refractivity contribution in [1.29, 1.82) is 0 Å². The summed E-state index contributed by atoms with van der Waals surface area (Å²) in [5, 5.41) is 5.90. The third-order valence-corrected chi connectivity index (χ3v) is 4.91. The molecule has 5 nitrogen and oxygen atoms in total. The maximum absolute atomic E-state index is 12.9. The second kappa shape index (κ2) is 8.43. The Hall–Kier alpha value is -1.95. The quantitative estimate of drug-likeness (QED) is 0.789. The molecule has 1 aromatic carbocycles. The molecule has 0 radical (unpaired) electrons. The van der Waals surface area contributed by atoms with Crippen LogP contribution in [0.4, 0.5) is 4.39 Å². The molecule has 0 spiro atoms. The largest absolute Gasteiger partial charge is 0.356 e. The first-order valence-electron chi connectivity index (χ1n) is 9.11. The van der Waals surface area contributed by atoms with Crippen LogP contribution in [-0.4, -0.2) is 42.9 Å². The minimum absolute atomic E-state index is 0.0163. The van der Waals surface area contributed by atoms with Crippen molar-refractivity contribution in [3.05, 3.63) is 35.6 Å². The SMILES string of the molecule is O=C(CN1CCCC(C(=O)NCC2CC2)C1)NCc1ccc(F)cc1. The minimum Gasteiger partial charge on any atom is -0.356 e. The van der Waals surface area contributed by atoms with E-state index in [1.807, 2.05) is 4.90 Å². The number of rotatable bonds is 7. The molecule has 2 N–H and O–H groups in total. The summed E-state index contributed by atoms with van der Waals surface area (Å²) in [7, 11) is 0. The van der Waals surface area contributed by atoms with Crippen LogP contribution in [-0.2, 0) is 16.1 Å². The van der Waals surface area contributed by atoms with Gasteiger partial charge in [0, 0.05) is 19.6 Å². The zero-order valence-electron chi connectivity index (χ0n) is 14.5. The summed E-state index contributed by atoms with van der Waals surface area (Å²) in [6, 6.07) is 6.10. The third kappa shape index (κ3) is 5.81. The number of piperidine rings is 1. The highest BCUT2D eigenvalue weighted by molar-refractivity contribution is 5.80. The highest BCUT2D eigenvalue weighted by Gasteiger charge is 2.28. The number of nitrogens with zero attached hydrogens (tertiary/aromatic N) is 1. The van der Waals surface area contributed by atoms with Gasteiger partial charge in [0.15, 0.2) is 0 Å². The predicted octanol–water partition coefficient (Wildman–Crippen LogP) is 1.68. The molecule has 1 unspecified atom stereocenters. The maximum Gasteiger partial charge on any atom is 0.234 e. The first-order chi connectivity index (χ1) is 12.1. The number of hydrogen-bond donors (Lipinski definition) is 2. The number of hydrogen-bond acceptors (Lipinski definition) is 3. The number of carbonyl (C=O) groups excluding carboxylic acids is 2. The Morgan fingerprint density at radius 2 is 1.88 bits per heavy atom. The van der Waals surface area contributed by atoms with Gasteiger partial charge in [-0.05, 0) is 55.8 Å². The second-order valence-corrected chi connectivity index (χ2v) is 7.17. The molecule has 1 aliphatic heterocycles. The van der Waals surface area contributed by atoms with Gasteiger partial charge in [-0.3, -0.25) is 14.5 Å². The molecular formula is C19H26FN3O2. The molecule has 2 amide bonds. The minimum atomic E-state index is -0.283. The normalized spacial score (nSPS) is 20.9. The third-order valence-electron chi connectivity index (χ3n) is 4.91. The molecule has 2 aliphatic rings. The van der Waals surface area contributed by atoms with Crippen molar-refractivity contribution in [3.63, 3.8) is 0 Å². The number of halogens is 1. The van der Waals surface area contributed by atoms with Crippen molar-refractivity contribution in [2.45, 2.75) is 32.2 Å². The first-order valence-corrected chi connectivity index (χ1v) is 9.11. The van der Waals surface area contributed by atoms with Gasteiger partial charge in [-0.15, -0.1) is 0 Å². The topological polar surface area (TPSA) is 61.4 Å². The molecule has 3 rings (SSSR count). The van der Waals surface area contributed by atoms with Crippen LogP contribution in [0.15, 0.2) is 24.3 Å². The number of carbonyl (C=O) groups is 2. The lowest BCUT2D eigenvalue weighted by Gasteiger charge is -2.31. The Bertz CT molecular complexity index is 601. The summed E-state index contributed by atoms with van der Waals surface area (Å²) in [5.41, 5.74) is 0.866. The average Bonchev–Trinajstić information content (AvgIpc) is 3.44. The van der Waals surface area contributed by atoms with Crippen LogP contribution >= 0.6 is 0 Å². The number of likely N-dealkylation sites (tertiary alicyclic amines) is 1. The Labute approximate surface area is 148 Å². The fourth-order valence-electron chi connectivity index (χ4n) is 3.19. The lowest BCUT2D eigenvalue weighted by Crippen LogP contribution is -2.46. The summed E-state index contributed by atoms with van der Waals surface area (Å²) in [5.74, 6) is 0.444. The van der Waals surface area contributed by atoms with Gasteiger partial charge in [0.2, 0.25) is 11.8 Å². The Morgan fingerprint density at radius 3 is 2.60 bits per heavy atom. The molecule has 1 saturated heterocycles. The molecule has 0 aromatic heterocycles. The summed E-state index contributed by atoms with van der Waals surface area (Å²) >= 11 is 0. The molecule has 1 atom stereocenters. The molecule has 1 heterocycles. The zero-order valence-corrected chi connectivity index (χ0v) is 14.5. The second-order valence-electron chi connectivity index (χ2n) is 7.17. The smallest absolute Gasteiger partial charge is 0.234 e. The number of benzene rings is 1. The van der Waals surface area contributed by atoms with E-state index < -0.39 is 0 Å². The van der Waals surface area contributed by atoms with Crippen LogP contribution in [0.3, 0.4) is 0 Å². The van der Waals surface area contributed by atoms with Gasteiger partial charge in [-0.25, -0.2) is 4.39 Å². The highest BCUT2D eigenvalue weighted by Crippen LogP contribution is 2.27. The monoisotopic (exact) mass is 347 g/mol. The molecule has 136 valence electrons. The molecule has 6 heteroatoms. The summed E-state index contributed by atoms with van der Waals surface area (Å²) in [6.07, 6.45) is 4.29. The summed E-state index contributed by atoms with van der Waals surface area (Å²) < 4.78 is 12.9. The molecule has 1 saturated carbocycles. The van der Waals surface area contributed by atoms with Gasteiger partial charge in [0.25, 0.3) is 0 Å². The number of amides is 2. The van der Waals surface area contributed by atoms with Crippen LogP contribution in [0.1, 0.15) is 31.2 Å². The van der Waals surface area contributed by atoms with Crippen molar-refractivity contribution in [2.75, 3.05) is 26.2 Å². The van der Waals surface area contributed by atoms with Crippen LogP contribution in [0.5, 0.6) is 0 Å². The van der Waals surface area contributed by atoms with Crippen molar-refractivity contribution < 1.29 is 14.0 Å². The molecule has 25 heavy (non-hydrogen) atoms. The maximum atomic E-state index is 12.9. The lowest BCUT2D eigenvalue weighted by atomic mass is 9.97. The van der Waals surface area contributed by atoms with E-state index in [4.69, 9.17) is 0 Å². The summed E-state index contributed by atoms with van der Waals surface area (Å²) in [4.78, 5) is 26.4. The van der Waals surface area contributed by atoms with E-state index in [9.17, 15) is 14.0 Å². The van der Waals surface area contributed by atoms with E-state index in [0.717, 1.165) is 31.5 Å². The van der Waals surface area contributed by atoms with Gasteiger partial charge < -0.3 is 10.6 Å². The van der Waals surface area contributed by atoms with Crippen molar-refractivity contribution in [2.24, 2.45) is 11.8 Å². The van der Waals surface area contributed by atoms with E-state index in [2.05, 4.69) is 10.6 Å². The Morgan fingerprint density at radius 1 is 1.12 bits per heavy atom. The first kappa shape index (κ1) is 17.9. The standard InChI is InChI=1S/C19H26FN3O2/c20-17-7-5-15(6-8-17)10-21-18(24)13-23-9-1-2-16(12-23)19(25)22-11-14-3-4-14/h5-8,14,16H,1-4,9-13H2,(H,21,24)(H,22,25). The zero-order chi connectivity index (χ0) is 17.6. The van der Waals surface area contributed by atoms with E-state index in [0.29, 0.717) is 25.6 Å². The fourth-order valence-corrected chi connectivity index (χ4v) is 3.19. The van der Waals surface area contributed by atoms with Gasteiger partial charge in [-0.1, -0.05) is 12.1 Å². The number of nitrogens with one attached hydrogen (secondary N) is 2. The van der Waals surface area contributed by atoms with E-state index in [1.165, 1.54) is 25.0 Å². The van der Waals surface area contributed by atoms with Gasteiger partial charge in [0.1, 0.15) is 5.82 Å². The average molecular weight is 347 g/mol. The van der Waals surface area contributed by atoms with Gasteiger partial charge >= 0.3 is 0 Å². The Balaban J connectivity index is 1.39. The van der Waals surface area contributed by atoms with Gasteiger partial charge in [-0.2, -0.15) is 0 Å². The highest BCUT2D eigenvalue weighted by atomic mass is 19.1. The molecular weight excluding hydrogens is 321 g/mol. The summed E-state index contributed by atoms with van der Waals surface area (Å²) in [6.45, 7) is 2.97. The van der Waals surface area contributed by atoms with Crippen molar-refractivity contribution in [3.8, 4) is 0 Å². The fraction of sp³-hybridized carbons (Fsp3) is 0.579. The molecule has 2 fully saturated rings. The molecule has 1 aliphatic carbocycles. The lowest BCUT2D eigenvalue weighted by molar-refractivity contribution is -0.129. The van der Waals surface area contributed by atoms with E-state index in [-0.39, 0.29) is 23.5 Å². The van der Waals surface area contributed by atoms with Crippen molar-refractivity contribution in [1.82, 2.24) is 15.5 Å². The van der Waals surface area contributed by atoms with Gasteiger partial charge in [0.05, 0.1) is 12.5 Å². The predicted molar refractivity (Wildman–Crippen MR) is 93.1 cm³/mol. The van der Waals surface area contributed by atoms with Crippen molar-refractivity contribution >= 4 is 11.8 Å². The van der Waals surface area contributed by atoms with Crippen LogP contribution in [0.25, 0.3) is 0 Å². The van der Waals surface area contributed by atoms with E-state index in [1.54, 1.807) is 12.1 Å². The molecule has 1 aromatic rings. The van der Waals surface area contributed by atoms with Crippen LogP contribution in [0.2, 0.25) is 0 Å². The van der Waals surface area contributed by atoms with Crippen LogP contribution in [0, 0.1) is 17.7 Å². The van der Waals surface area contributed by atoms with E-state index >= 15 is 0 Å².